The summed E-state index contributed by atoms with van der Waals surface area (Å²) in [5.74, 6) is 0. The number of aryl methyl sites for hydroxylation is 1. The topological polar surface area (TPSA) is 0 Å². The average molecular weight is 255 g/mol. The van der Waals surface area contributed by atoms with Gasteiger partial charge in [0.25, 0.3) is 0 Å². The van der Waals surface area contributed by atoms with E-state index in [-0.39, 0.29) is 4.70 Å². The van der Waals surface area contributed by atoms with Crippen molar-refractivity contribution in [1.82, 2.24) is 0 Å². The fourth-order valence-electron chi connectivity index (χ4n) is 1.61. The van der Waals surface area contributed by atoms with Crippen LogP contribution in [0, 0.1) is 0 Å². The minimum atomic E-state index is 0. The molecule has 2 aromatic carbocycles. The molecule has 0 bridgehead atoms. The van der Waals surface area contributed by atoms with Gasteiger partial charge in [0.2, 0.25) is 0 Å². The van der Waals surface area contributed by atoms with Gasteiger partial charge >= 0.3 is 0 Å². The van der Waals surface area contributed by atoms with Crippen LogP contribution in [0.5, 0.6) is 0 Å². The second-order valence-electron chi connectivity index (χ2n) is 3.08. The summed E-state index contributed by atoms with van der Waals surface area (Å²) in [6.45, 7) is 0. The molecule has 0 unspecified atom stereocenters. The van der Waals surface area contributed by atoms with Gasteiger partial charge in [0.1, 0.15) is 0 Å². The molecule has 0 aromatic heterocycles. The van der Waals surface area contributed by atoms with E-state index in [9.17, 15) is 0 Å². The quantitative estimate of drug-likeness (QED) is 0.713. The fourth-order valence-corrected chi connectivity index (χ4v) is 2.04. The Morgan fingerprint density at radius 1 is 0.929 bits per heavy atom. The van der Waals surface area contributed by atoms with Gasteiger partial charge in [-0.25, -0.2) is 0 Å². The maximum Gasteiger partial charge on any atom is 0.00720 e. The molecule has 0 aliphatic rings. The Bertz CT molecular complexity index is 406. The van der Waals surface area contributed by atoms with E-state index < -0.39 is 0 Å². The van der Waals surface area contributed by atoms with Crippen molar-refractivity contribution in [1.29, 1.82) is 0 Å². The van der Waals surface area contributed by atoms with E-state index in [0.717, 1.165) is 11.8 Å². The first-order valence-corrected chi connectivity index (χ1v) is 5.56. The highest BCUT2D eigenvalue weighted by Gasteiger charge is 1.97. The van der Waals surface area contributed by atoms with Crippen molar-refractivity contribution in [3.8, 4) is 0 Å². The average Bonchev–Trinajstić information content (AvgIpc) is 2.19. The predicted octanol–water partition coefficient (Wildman–Crippen LogP) is 3.93. The standard InChI is InChI=1S/C12H11Br.FH/c13-9-8-11-6-3-5-10-4-1-2-7-12(10)11;/h1-7H,8-9H2;1H. The summed E-state index contributed by atoms with van der Waals surface area (Å²) in [6.07, 6.45) is 1.10. The molecule has 14 heavy (non-hydrogen) atoms. The zero-order valence-corrected chi connectivity index (χ0v) is 9.33. The van der Waals surface area contributed by atoms with Crippen LogP contribution >= 0.6 is 15.9 Å². The Morgan fingerprint density at radius 2 is 1.64 bits per heavy atom. The Kier molecular flexibility index (Phi) is 4.08. The molecule has 0 nitrogen and oxygen atoms in total. The molecule has 2 heteroatoms. The Hall–Kier alpha value is -0.890. The van der Waals surface area contributed by atoms with Gasteiger partial charge in [-0.1, -0.05) is 58.4 Å². The number of fused-ring (bicyclic) bond motifs is 1. The van der Waals surface area contributed by atoms with Crippen LogP contribution in [0.25, 0.3) is 10.8 Å². The summed E-state index contributed by atoms with van der Waals surface area (Å²) in [6, 6.07) is 15.0. The van der Waals surface area contributed by atoms with Crippen LogP contribution in [0.4, 0.5) is 4.70 Å². The van der Waals surface area contributed by atoms with Gasteiger partial charge in [-0.05, 0) is 22.8 Å². The summed E-state index contributed by atoms with van der Waals surface area (Å²) >= 11 is 3.47. The molecule has 0 radical (unpaired) electrons. The molecule has 0 spiro atoms. The van der Waals surface area contributed by atoms with Crippen LogP contribution < -0.4 is 0 Å². The SMILES string of the molecule is BrCCc1cccc2ccccc12.F. The van der Waals surface area contributed by atoms with Crippen molar-refractivity contribution < 1.29 is 4.70 Å². The second kappa shape index (κ2) is 5.11. The largest absolute Gasteiger partial charge is 0.269 e. The molecule has 0 saturated heterocycles. The molecular weight excluding hydrogens is 243 g/mol. The van der Waals surface area contributed by atoms with E-state index in [1.165, 1.54) is 16.3 Å². The lowest BCUT2D eigenvalue weighted by molar-refractivity contribution is 1.11. The van der Waals surface area contributed by atoms with Crippen molar-refractivity contribution in [2.24, 2.45) is 0 Å². The maximum absolute atomic E-state index is 3.47. The minimum absolute atomic E-state index is 0. The first-order chi connectivity index (χ1) is 6.42. The van der Waals surface area contributed by atoms with Crippen LogP contribution in [-0.4, -0.2) is 5.33 Å². The van der Waals surface area contributed by atoms with Gasteiger partial charge in [0.15, 0.2) is 0 Å². The van der Waals surface area contributed by atoms with E-state index in [0.29, 0.717) is 0 Å². The molecule has 0 fully saturated rings. The molecule has 0 saturated carbocycles. The number of benzene rings is 2. The van der Waals surface area contributed by atoms with Gasteiger partial charge in [0, 0.05) is 5.33 Å². The number of alkyl halides is 1. The molecule has 0 aliphatic heterocycles. The lowest BCUT2D eigenvalue weighted by Crippen LogP contribution is -1.86. The van der Waals surface area contributed by atoms with Crippen LogP contribution in [0.1, 0.15) is 5.56 Å². The highest BCUT2D eigenvalue weighted by molar-refractivity contribution is 9.09. The van der Waals surface area contributed by atoms with Crippen LogP contribution in [0.15, 0.2) is 42.5 Å². The zero-order chi connectivity index (χ0) is 9.10. The normalized spacial score (nSPS) is 9.79. The highest BCUT2D eigenvalue weighted by atomic mass is 79.9. The molecule has 0 amide bonds. The van der Waals surface area contributed by atoms with Crippen LogP contribution in [0.2, 0.25) is 0 Å². The smallest absolute Gasteiger partial charge is 0.00720 e. The molecular formula is C12H12BrF. The van der Waals surface area contributed by atoms with E-state index >= 15 is 0 Å². The second-order valence-corrected chi connectivity index (χ2v) is 3.87. The fraction of sp³-hybridized carbons (Fsp3) is 0.167. The molecule has 0 atom stereocenters. The lowest BCUT2D eigenvalue weighted by Gasteiger charge is -2.03. The summed E-state index contributed by atoms with van der Waals surface area (Å²) in [4.78, 5) is 0. The molecule has 2 aromatic rings. The van der Waals surface area contributed by atoms with Gasteiger partial charge in [-0.15, -0.1) is 0 Å². The van der Waals surface area contributed by atoms with E-state index in [1.807, 2.05) is 0 Å². The molecule has 0 heterocycles. The van der Waals surface area contributed by atoms with Crippen molar-refractivity contribution in [3.05, 3.63) is 48.0 Å². The Labute approximate surface area is 91.4 Å². The predicted molar refractivity (Wildman–Crippen MR) is 63.9 cm³/mol. The summed E-state index contributed by atoms with van der Waals surface area (Å²) < 4.78 is 0. The Morgan fingerprint density at radius 3 is 2.43 bits per heavy atom. The van der Waals surface area contributed by atoms with E-state index in [2.05, 4.69) is 58.4 Å². The van der Waals surface area contributed by atoms with Crippen LogP contribution in [0.3, 0.4) is 0 Å². The first-order valence-electron chi connectivity index (χ1n) is 4.44. The monoisotopic (exact) mass is 254 g/mol. The van der Waals surface area contributed by atoms with Gasteiger partial charge in [0.05, 0.1) is 0 Å². The third kappa shape index (κ3) is 2.13. The number of halogens is 2. The lowest BCUT2D eigenvalue weighted by atomic mass is 10.0. The zero-order valence-electron chi connectivity index (χ0n) is 7.74. The van der Waals surface area contributed by atoms with Crippen molar-refractivity contribution in [2.75, 3.05) is 5.33 Å². The van der Waals surface area contributed by atoms with Gasteiger partial charge < -0.3 is 0 Å². The minimum Gasteiger partial charge on any atom is -0.269 e. The number of hydrogen-bond donors (Lipinski definition) is 0. The third-order valence-electron chi connectivity index (χ3n) is 2.24. The van der Waals surface area contributed by atoms with Gasteiger partial charge in [-0.3, -0.25) is 4.70 Å². The molecule has 74 valence electrons. The van der Waals surface area contributed by atoms with Gasteiger partial charge in [-0.2, -0.15) is 0 Å². The molecule has 0 N–H and O–H groups in total. The maximum atomic E-state index is 3.47. The third-order valence-corrected chi connectivity index (χ3v) is 2.64. The van der Waals surface area contributed by atoms with Crippen LogP contribution in [-0.2, 0) is 6.42 Å². The Balaban J connectivity index is 0.000000980. The summed E-state index contributed by atoms with van der Waals surface area (Å²) in [5.41, 5.74) is 1.43. The highest BCUT2D eigenvalue weighted by Crippen LogP contribution is 2.19. The molecule has 2 rings (SSSR count). The number of hydrogen-bond acceptors (Lipinski definition) is 0. The van der Waals surface area contributed by atoms with Crippen molar-refractivity contribution >= 4 is 26.7 Å². The molecule has 0 aliphatic carbocycles. The number of rotatable bonds is 2. The van der Waals surface area contributed by atoms with Crippen molar-refractivity contribution in [2.45, 2.75) is 6.42 Å². The van der Waals surface area contributed by atoms with E-state index in [4.69, 9.17) is 0 Å². The first kappa shape index (κ1) is 11.2. The van der Waals surface area contributed by atoms with E-state index in [1.54, 1.807) is 0 Å². The summed E-state index contributed by atoms with van der Waals surface area (Å²) in [5, 5.41) is 3.74. The van der Waals surface area contributed by atoms with Crippen molar-refractivity contribution in [3.63, 3.8) is 0 Å². The summed E-state index contributed by atoms with van der Waals surface area (Å²) in [7, 11) is 0.